The molecule has 1 aromatic heterocycles. The van der Waals surface area contributed by atoms with E-state index in [1.807, 2.05) is 54.3 Å². The van der Waals surface area contributed by atoms with Crippen LogP contribution in [0.3, 0.4) is 0 Å². The van der Waals surface area contributed by atoms with Gasteiger partial charge in [0.1, 0.15) is 11.9 Å². The Kier molecular flexibility index (Phi) is 4.33. The van der Waals surface area contributed by atoms with Crippen LogP contribution in [0, 0.1) is 6.92 Å². The Morgan fingerprint density at radius 3 is 2.65 bits per heavy atom. The summed E-state index contributed by atoms with van der Waals surface area (Å²) in [7, 11) is 0. The first-order chi connectivity index (χ1) is 12.6. The lowest BCUT2D eigenvalue weighted by atomic mass is 10.0. The number of aromatic nitrogens is 1. The smallest absolute Gasteiger partial charge is 0.254 e. The first-order valence-corrected chi connectivity index (χ1v) is 9.05. The minimum Gasteiger partial charge on any atom is -0.487 e. The normalized spacial score (nSPS) is 14.3. The van der Waals surface area contributed by atoms with Gasteiger partial charge in [0.2, 0.25) is 0 Å². The van der Waals surface area contributed by atoms with Crippen molar-refractivity contribution in [2.45, 2.75) is 26.4 Å². The van der Waals surface area contributed by atoms with E-state index < -0.39 is 0 Å². The second-order valence-electron chi connectivity index (χ2n) is 6.78. The lowest BCUT2D eigenvalue weighted by Crippen LogP contribution is -2.56. The lowest BCUT2D eigenvalue weighted by Gasteiger charge is -2.39. The predicted octanol–water partition coefficient (Wildman–Crippen LogP) is 4.01. The van der Waals surface area contributed by atoms with Crippen LogP contribution in [0.5, 0.6) is 5.75 Å². The van der Waals surface area contributed by atoms with Crippen molar-refractivity contribution in [1.29, 1.82) is 0 Å². The Morgan fingerprint density at radius 1 is 1.15 bits per heavy atom. The highest BCUT2D eigenvalue weighted by Crippen LogP contribution is 2.25. The van der Waals surface area contributed by atoms with Gasteiger partial charge in [0, 0.05) is 11.1 Å². The highest BCUT2D eigenvalue weighted by Gasteiger charge is 2.33. The fourth-order valence-electron chi connectivity index (χ4n) is 3.34. The number of likely N-dealkylation sites (tertiary alicyclic amines) is 1. The summed E-state index contributed by atoms with van der Waals surface area (Å²) in [5.41, 5.74) is 3.69. The molecule has 0 bridgehead atoms. The Bertz CT molecular complexity index is 947. The maximum Gasteiger partial charge on any atom is 0.254 e. The summed E-state index contributed by atoms with van der Waals surface area (Å²) in [6.07, 6.45) is 0.996. The number of hydrogen-bond donors (Lipinski definition) is 0. The van der Waals surface area contributed by atoms with Crippen molar-refractivity contribution in [3.63, 3.8) is 0 Å². The van der Waals surface area contributed by atoms with Gasteiger partial charge < -0.3 is 9.64 Å². The zero-order chi connectivity index (χ0) is 18.1. The molecule has 2 aromatic carbocycles. The summed E-state index contributed by atoms with van der Waals surface area (Å²) in [5, 5.41) is 0.937. The van der Waals surface area contributed by atoms with Gasteiger partial charge in [-0.25, -0.2) is 0 Å². The van der Waals surface area contributed by atoms with Crippen LogP contribution < -0.4 is 4.74 Å². The van der Waals surface area contributed by atoms with Crippen molar-refractivity contribution in [2.75, 3.05) is 13.1 Å². The number of fused-ring (bicyclic) bond motifs is 1. The molecule has 3 aromatic rings. The van der Waals surface area contributed by atoms with Crippen molar-refractivity contribution >= 4 is 16.8 Å². The van der Waals surface area contributed by atoms with Crippen molar-refractivity contribution in [1.82, 2.24) is 9.88 Å². The quantitative estimate of drug-likeness (QED) is 0.717. The Balaban J connectivity index is 1.54. The summed E-state index contributed by atoms with van der Waals surface area (Å²) in [6, 6.07) is 17.8. The second-order valence-corrected chi connectivity index (χ2v) is 6.78. The summed E-state index contributed by atoms with van der Waals surface area (Å²) in [5.74, 6) is 0.907. The average molecular weight is 346 g/mol. The molecule has 1 saturated heterocycles. The van der Waals surface area contributed by atoms with E-state index in [1.54, 1.807) is 0 Å². The second kappa shape index (κ2) is 6.79. The van der Waals surface area contributed by atoms with E-state index in [9.17, 15) is 4.79 Å². The van der Waals surface area contributed by atoms with E-state index in [0.717, 1.165) is 34.3 Å². The molecule has 0 unspecified atom stereocenters. The van der Waals surface area contributed by atoms with Crippen LogP contribution in [-0.4, -0.2) is 35.0 Å². The Morgan fingerprint density at radius 2 is 1.92 bits per heavy atom. The van der Waals surface area contributed by atoms with Gasteiger partial charge >= 0.3 is 0 Å². The third-order valence-corrected chi connectivity index (χ3v) is 4.82. The molecule has 0 radical (unpaired) electrons. The van der Waals surface area contributed by atoms with Crippen molar-refractivity contribution in [2.24, 2.45) is 0 Å². The number of aryl methyl sites for hydroxylation is 2. The maximum absolute atomic E-state index is 13.0. The van der Waals surface area contributed by atoms with Crippen molar-refractivity contribution in [3.05, 3.63) is 71.4 Å². The van der Waals surface area contributed by atoms with Crippen LogP contribution in [0.25, 0.3) is 10.9 Å². The molecular formula is C22H22N2O2. The van der Waals surface area contributed by atoms with Gasteiger partial charge in [-0.2, -0.15) is 0 Å². The molecule has 0 N–H and O–H groups in total. The van der Waals surface area contributed by atoms with Crippen LogP contribution in [0.4, 0.5) is 0 Å². The SMILES string of the molecule is CCc1ccc2nc(C)cc(C(=O)N3CC(Oc4ccccc4)C3)c2c1. The summed E-state index contributed by atoms with van der Waals surface area (Å²) in [4.78, 5) is 19.5. The number of amides is 1. The van der Waals surface area contributed by atoms with Gasteiger partial charge in [-0.05, 0) is 49.2 Å². The fraction of sp³-hybridized carbons (Fsp3) is 0.273. The summed E-state index contributed by atoms with van der Waals surface area (Å²) >= 11 is 0. The third kappa shape index (κ3) is 3.15. The molecule has 0 saturated carbocycles. The minimum absolute atomic E-state index is 0.0571. The number of para-hydroxylation sites is 1. The van der Waals surface area contributed by atoms with Crippen LogP contribution >= 0.6 is 0 Å². The van der Waals surface area contributed by atoms with E-state index in [-0.39, 0.29) is 12.0 Å². The number of benzene rings is 2. The number of hydrogen-bond acceptors (Lipinski definition) is 3. The molecule has 1 amide bonds. The van der Waals surface area contributed by atoms with E-state index in [0.29, 0.717) is 13.1 Å². The van der Waals surface area contributed by atoms with Crippen LogP contribution in [-0.2, 0) is 6.42 Å². The predicted molar refractivity (Wildman–Crippen MR) is 103 cm³/mol. The highest BCUT2D eigenvalue weighted by atomic mass is 16.5. The largest absolute Gasteiger partial charge is 0.487 e. The molecule has 4 heteroatoms. The molecule has 0 atom stereocenters. The van der Waals surface area contributed by atoms with Crippen molar-refractivity contribution < 1.29 is 9.53 Å². The molecule has 26 heavy (non-hydrogen) atoms. The molecule has 132 valence electrons. The molecule has 1 fully saturated rings. The lowest BCUT2D eigenvalue weighted by molar-refractivity contribution is 0.0179. The molecule has 1 aliphatic heterocycles. The number of nitrogens with zero attached hydrogens (tertiary/aromatic N) is 2. The minimum atomic E-state index is 0.0571. The zero-order valence-electron chi connectivity index (χ0n) is 15.1. The van der Waals surface area contributed by atoms with E-state index in [4.69, 9.17) is 4.74 Å². The highest BCUT2D eigenvalue weighted by molar-refractivity contribution is 6.06. The number of pyridine rings is 1. The average Bonchev–Trinajstić information content (AvgIpc) is 2.63. The van der Waals surface area contributed by atoms with Crippen LogP contribution in [0.2, 0.25) is 0 Å². The summed E-state index contributed by atoms with van der Waals surface area (Å²) < 4.78 is 5.91. The Labute approximate surface area is 153 Å². The fourth-order valence-corrected chi connectivity index (χ4v) is 3.34. The van der Waals surface area contributed by atoms with Gasteiger partial charge in [-0.3, -0.25) is 9.78 Å². The topological polar surface area (TPSA) is 42.4 Å². The van der Waals surface area contributed by atoms with Gasteiger partial charge in [-0.1, -0.05) is 31.2 Å². The van der Waals surface area contributed by atoms with Gasteiger partial charge in [0.25, 0.3) is 5.91 Å². The van der Waals surface area contributed by atoms with Crippen LogP contribution in [0.15, 0.2) is 54.6 Å². The Hall–Kier alpha value is -2.88. The first-order valence-electron chi connectivity index (χ1n) is 9.05. The molecule has 4 nitrogen and oxygen atoms in total. The van der Waals surface area contributed by atoms with E-state index in [1.165, 1.54) is 5.56 Å². The third-order valence-electron chi connectivity index (χ3n) is 4.82. The van der Waals surface area contributed by atoms with Crippen molar-refractivity contribution in [3.8, 4) is 5.75 Å². The molecular weight excluding hydrogens is 324 g/mol. The maximum atomic E-state index is 13.0. The molecule has 0 aliphatic carbocycles. The summed E-state index contributed by atoms with van der Waals surface area (Å²) in [6.45, 7) is 5.28. The number of ether oxygens (including phenoxy) is 1. The molecule has 4 rings (SSSR count). The van der Waals surface area contributed by atoms with E-state index >= 15 is 0 Å². The monoisotopic (exact) mass is 346 g/mol. The first kappa shape index (κ1) is 16.6. The molecule has 0 spiro atoms. The van der Waals surface area contributed by atoms with Gasteiger partial charge in [0.15, 0.2) is 0 Å². The zero-order valence-corrected chi connectivity index (χ0v) is 15.1. The van der Waals surface area contributed by atoms with Gasteiger partial charge in [0.05, 0.1) is 24.2 Å². The standard InChI is InChI=1S/C22H22N2O2/c1-3-16-9-10-21-19(12-16)20(11-15(2)23-21)22(25)24-13-18(14-24)26-17-7-5-4-6-8-17/h4-12,18H,3,13-14H2,1-2H3. The van der Waals surface area contributed by atoms with Crippen LogP contribution in [0.1, 0.15) is 28.5 Å². The molecule has 1 aliphatic rings. The van der Waals surface area contributed by atoms with E-state index in [2.05, 4.69) is 24.0 Å². The number of carbonyl (C=O) groups excluding carboxylic acids is 1. The molecule has 2 heterocycles. The number of rotatable bonds is 4. The van der Waals surface area contributed by atoms with Gasteiger partial charge in [-0.15, -0.1) is 0 Å². The number of carbonyl (C=O) groups is 1.